The van der Waals surface area contributed by atoms with Crippen LogP contribution in [-0.4, -0.2) is 71.1 Å². The Morgan fingerprint density at radius 1 is 1.07 bits per heavy atom. The average molecular weight is 383 g/mol. The van der Waals surface area contributed by atoms with Gasteiger partial charge in [0.2, 0.25) is 11.8 Å². The zero-order valence-corrected chi connectivity index (χ0v) is 15.9. The number of amides is 4. The van der Waals surface area contributed by atoms with Crippen LogP contribution in [0.2, 0.25) is 0 Å². The molecule has 0 saturated heterocycles. The number of unbranched alkanes of at least 4 members (excludes halogenated alkanes) is 2. The van der Waals surface area contributed by atoms with Crippen LogP contribution in [0.4, 0.5) is 0 Å². The van der Waals surface area contributed by atoms with E-state index < -0.39 is 17.4 Å². The Morgan fingerprint density at radius 2 is 1.70 bits per heavy atom. The van der Waals surface area contributed by atoms with Crippen molar-refractivity contribution in [3.05, 3.63) is 12.2 Å². The summed E-state index contributed by atoms with van der Waals surface area (Å²) in [5.74, 6) is -1.42. The number of hydrogen-bond acceptors (Lipinski definition) is 6. The second-order valence-corrected chi connectivity index (χ2v) is 7.16. The highest BCUT2D eigenvalue weighted by molar-refractivity contribution is 6.12. The van der Waals surface area contributed by atoms with Crippen molar-refractivity contribution in [1.82, 2.24) is 15.5 Å². The summed E-state index contributed by atoms with van der Waals surface area (Å²) in [7, 11) is 0. The van der Waals surface area contributed by atoms with Gasteiger partial charge in [-0.15, -0.1) is 0 Å². The molecule has 1 aliphatic heterocycles. The lowest BCUT2D eigenvalue weighted by Gasteiger charge is -2.27. The van der Waals surface area contributed by atoms with Crippen LogP contribution in [-0.2, 0) is 19.2 Å². The van der Waals surface area contributed by atoms with Crippen molar-refractivity contribution in [3.63, 3.8) is 0 Å². The number of nitrogens with zero attached hydrogens (tertiary/aromatic N) is 1. The molecule has 9 nitrogen and oxygen atoms in total. The lowest BCUT2D eigenvalue weighted by molar-refractivity contribution is -0.138. The van der Waals surface area contributed by atoms with E-state index in [-0.39, 0.29) is 37.3 Å². The molecule has 0 aromatic carbocycles. The Bertz CT molecular complexity index is 570. The molecule has 0 fully saturated rings. The van der Waals surface area contributed by atoms with Crippen molar-refractivity contribution < 1.29 is 29.4 Å². The van der Waals surface area contributed by atoms with Crippen molar-refractivity contribution >= 4 is 23.6 Å². The fraction of sp³-hybridized carbons (Fsp3) is 0.667. The number of carbonyl (C=O) groups excluding carboxylic acids is 4. The van der Waals surface area contributed by atoms with Gasteiger partial charge in [-0.25, -0.2) is 0 Å². The molecule has 1 unspecified atom stereocenters. The van der Waals surface area contributed by atoms with E-state index in [9.17, 15) is 24.3 Å². The topological polar surface area (TPSA) is 136 Å². The molecule has 152 valence electrons. The average Bonchev–Trinajstić information content (AvgIpc) is 2.95. The monoisotopic (exact) mass is 383 g/mol. The molecule has 4 N–H and O–H groups in total. The molecule has 1 atom stereocenters. The molecule has 1 aliphatic rings. The first-order valence-electron chi connectivity index (χ1n) is 9.06. The molecule has 0 bridgehead atoms. The lowest BCUT2D eigenvalue weighted by atomic mass is 9.87. The van der Waals surface area contributed by atoms with Crippen molar-refractivity contribution in [2.45, 2.75) is 45.6 Å². The van der Waals surface area contributed by atoms with Gasteiger partial charge in [-0.3, -0.25) is 24.1 Å². The summed E-state index contributed by atoms with van der Waals surface area (Å²) in [6, 6.07) is 0. The molecule has 0 spiro atoms. The van der Waals surface area contributed by atoms with Crippen molar-refractivity contribution in [2.24, 2.45) is 5.41 Å². The molecule has 1 rings (SSSR count). The molecule has 4 amide bonds. The van der Waals surface area contributed by atoms with E-state index in [1.807, 2.05) is 0 Å². The summed E-state index contributed by atoms with van der Waals surface area (Å²) in [4.78, 5) is 47.4. The predicted molar refractivity (Wildman–Crippen MR) is 97.2 cm³/mol. The van der Waals surface area contributed by atoms with Gasteiger partial charge in [0.15, 0.2) is 0 Å². The normalized spacial score (nSPS) is 15.2. The highest BCUT2D eigenvalue weighted by atomic mass is 16.3. The Balaban J connectivity index is 2.07. The first-order valence-corrected chi connectivity index (χ1v) is 9.06. The van der Waals surface area contributed by atoms with E-state index in [0.29, 0.717) is 25.9 Å². The Hall–Kier alpha value is -2.26. The van der Waals surface area contributed by atoms with E-state index in [2.05, 4.69) is 10.6 Å². The van der Waals surface area contributed by atoms with Crippen LogP contribution in [0, 0.1) is 5.41 Å². The molecule has 0 radical (unpaired) electrons. The summed E-state index contributed by atoms with van der Waals surface area (Å²) in [5.41, 5.74) is -0.952. The summed E-state index contributed by atoms with van der Waals surface area (Å²) < 4.78 is 0. The Morgan fingerprint density at radius 3 is 2.30 bits per heavy atom. The van der Waals surface area contributed by atoms with Gasteiger partial charge in [0.25, 0.3) is 11.8 Å². The van der Waals surface area contributed by atoms with Crippen LogP contribution in [0.15, 0.2) is 12.2 Å². The number of imide groups is 1. The maximum Gasteiger partial charge on any atom is 0.253 e. The molecule has 0 aromatic heterocycles. The summed E-state index contributed by atoms with van der Waals surface area (Å²) in [6.45, 7) is 3.73. The first-order chi connectivity index (χ1) is 12.7. The number of nitrogens with one attached hydrogen (secondary N) is 2. The second kappa shape index (κ2) is 10.8. The molecule has 27 heavy (non-hydrogen) atoms. The van der Waals surface area contributed by atoms with Gasteiger partial charge in [-0.05, 0) is 19.3 Å². The van der Waals surface area contributed by atoms with E-state index >= 15 is 0 Å². The van der Waals surface area contributed by atoms with E-state index in [1.165, 1.54) is 17.1 Å². The molecular weight excluding hydrogens is 354 g/mol. The standard InChI is InChI=1S/C18H29N3O6/c1-18(2,12-22)16(26)17(27)20-10-8-13(23)19-9-4-3-5-11-21-14(24)6-7-15(21)25/h6-7,16,22,26H,3-5,8-12H2,1-2H3,(H,19,23)(H,20,27). The Kier molecular flexibility index (Phi) is 9.10. The van der Waals surface area contributed by atoms with Gasteiger partial charge in [-0.1, -0.05) is 13.8 Å². The summed E-state index contributed by atoms with van der Waals surface area (Å²) in [5, 5.41) is 24.1. The highest BCUT2D eigenvalue weighted by Crippen LogP contribution is 2.19. The van der Waals surface area contributed by atoms with Gasteiger partial charge in [-0.2, -0.15) is 0 Å². The van der Waals surface area contributed by atoms with Gasteiger partial charge >= 0.3 is 0 Å². The van der Waals surface area contributed by atoms with Crippen LogP contribution in [0.25, 0.3) is 0 Å². The van der Waals surface area contributed by atoms with Crippen molar-refractivity contribution in [1.29, 1.82) is 0 Å². The minimum absolute atomic E-state index is 0.0838. The molecular formula is C18H29N3O6. The number of carbonyl (C=O) groups is 4. The number of rotatable bonds is 12. The summed E-state index contributed by atoms with van der Waals surface area (Å²) >= 11 is 0. The highest BCUT2D eigenvalue weighted by Gasteiger charge is 2.32. The smallest absolute Gasteiger partial charge is 0.253 e. The Labute approximate surface area is 158 Å². The fourth-order valence-corrected chi connectivity index (χ4v) is 2.38. The van der Waals surface area contributed by atoms with Crippen molar-refractivity contribution in [3.8, 4) is 0 Å². The zero-order chi connectivity index (χ0) is 20.4. The number of aliphatic hydroxyl groups excluding tert-OH is 2. The van der Waals surface area contributed by atoms with Gasteiger partial charge < -0.3 is 20.8 Å². The summed E-state index contributed by atoms with van der Waals surface area (Å²) in [6.07, 6.45) is 3.39. The predicted octanol–water partition coefficient (Wildman–Crippen LogP) is -0.916. The van der Waals surface area contributed by atoms with Crippen LogP contribution < -0.4 is 10.6 Å². The lowest BCUT2D eigenvalue weighted by Crippen LogP contribution is -2.46. The maximum atomic E-state index is 11.8. The molecule has 0 saturated carbocycles. The minimum Gasteiger partial charge on any atom is -0.396 e. The van der Waals surface area contributed by atoms with Crippen LogP contribution in [0.1, 0.15) is 39.5 Å². The zero-order valence-electron chi connectivity index (χ0n) is 15.9. The largest absolute Gasteiger partial charge is 0.396 e. The SMILES string of the molecule is CC(C)(CO)C(O)C(=O)NCCC(=O)NCCCCCN1C(=O)C=CC1=O. The van der Waals surface area contributed by atoms with Gasteiger partial charge in [0, 0.05) is 43.6 Å². The van der Waals surface area contributed by atoms with Crippen molar-refractivity contribution in [2.75, 3.05) is 26.2 Å². The second-order valence-electron chi connectivity index (χ2n) is 7.16. The van der Waals surface area contributed by atoms with Crippen LogP contribution >= 0.6 is 0 Å². The third-order valence-corrected chi connectivity index (χ3v) is 4.33. The van der Waals surface area contributed by atoms with Crippen LogP contribution in [0.3, 0.4) is 0 Å². The molecule has 0 aromatic rings. The fourth-order valence-electron chi connectivity index (χ4n) is 2.38. The van der Waals surface area contributed by atoms with E-state index in [4.69, 9.17) is 5.11 Å². The third-order valence-electron chi connectivity index (χ3n) is 4.33. The van der Waals surface area contributed by atoms with Gasteiger partial charge in [0.05, 0.1) is 6.61 Å². The number of aliphatic hydroxyl groups is 2. The maximum absolute atomic E-state index is 11.8. The molecule has 9 heteroatoms. The van der Waals surface area contributed by atoms with Crippen LogP contribution in [0.5, 0.6) is 0 Å². The minimum atomic E-state index is -1.35. The first kappa shape index (κ1) is 22.8. The van der Waals surface area contributed by atoms with Gasteiger partial charge in [0.1, 0.15) is 6.10 Å². The molecule has 1 heterocycles. The quantitative estimate of drug-likeness (QED) is 0.254. The molecule has 0 aliphatic carbocycles. The van der Waals surface area contributed by atoms with E-state index in [0.717, 1.165) is 6.42 Å². The number of hydrogen-bond donors (Lipinski definition) is 4. The third kappa shape index (κ3) is 7.48. The van der Waals surface area contributed by atoms with E-state index in [1.54, 1.807) is 13.8 Å².